The summed E-state index contributed by atoms with van der Waals surface area (Å²) < 4.78 is 1.79. The van der Waals surface area contributed by atoms with Gasteiger partial charge in [-0.2, -0.15) is 5.10 Å². The lowest BCUT2D eigenvalue weighted by atomic mass is 9.90. The quantitative estimate of drug-likeness (QED) is 0.387. The number of hydrogen-bond acceptors (Lipinski definition) is 5. The maximum atomic E-state index is 13.5. The van der Waals surface area contributed by atoms with E-state index in [1.165, 1.54) is 0 Å². The Morgan fingerprint density at radius 2 is 1.67 bits per heavy atom. The van der Waals surface area contributed by atoms with Gasteiger partial charge in [0.1, 0.15) is 0 Å². The van der Waals surface area contributed by atoms with E-state index in [2.05, 4.69) is 37.8 Å². The number of urea groups is 1. The smallest absolute Gasteiger partial charge is 0.322 e. The summed E-state index contributed by atoms with van der Waals surface area (Å²) in [4.78, 5) is 24.0. The summed E-state index contributed by atoms with van der Waals surface area (Å²) in [6.07, 6.45) is 11.0. The van der Waals surface area contributed by atoms with Gasteiger partial charge >= 0.3 is 6.03 Å². The van der Waals surface area contributed by atoms with Gasteiger partial charge in [0.05, 0.1) is 6.20 Å². The van der Waals surface area contributed by atoms with Crippen LogP contribution in [0.5, 0.6) is 0 Å². The normalized spacial score (nSPS) is 17.4. The fourth-order valence-electron chi connectivity index (χ4n) is 4.77. The van der Waals surface area contributed by atoms with Gasteiger partial charge in [0.25, 0.3) is 0 Å². The second-order valence-corrected chi connectivity index (χ2v) is 9.19. The van der Waals surface area contributed by atoms with Crippen LogP contribution in [0.25, 0.3) is 11.1 Å². The minimum Gasteiger partial charge on any atom is -0.351 e. The molecule has 2 N–H and O–H groups in total. The van der Waals surface area contributed by atoms with E-state index in [4.69, 9.17) is 0 Å². The summed E-state index contributed by atoms with van der Waals surface area (Å²) in [6, 6.07) is 20.3. The van der Waals surface area contributed by atoms with Gasteiger partial charge in [-0.05, 0) is 55.0 Å². The van der Waals surface area contributed by atoms with E-state index in [1.54, 1.807) is 17.1 Å². The van der Waals surface area contributed by atoms with E-state index >= 15 is 0 Å². The Balaban J connectivity index is 1.31. The topological polar surface area (TPSA) is 88.0 Å². The first-order chi connectivity index (χ1) is 17.7. The summed E-state index contributed by atoms with van der Waals surface area (Å²) in [5.74, 6) is 0.657. The molecule has 36 heavy (non-hydrogen) atoms. The van der Waals surface area contributed by atoms with Crippen molar-refractivity contribution >= 4 is 17.7 Å². The first-order valence-corrected chi connectivity index (χ1v) is 12.4. The third-order valence-electron chi connectivity index (χ3n) is 6.65. The number of benzene rings is 2. The first-order valence-electron chi connectivity index (χ1n) is 12.4. The molecule has 0 saturated heterocycles. The molecule has 0 aliphatic heterocycles. The average molecular weight is 482 g/mol. The van der Waals surface area contributed by atoms with E-state index in [9.17, 15) is 4.79 Å². The van der Waals surface area contributed by atoms with Crippen LogP contribution in [0, 0.1) is 0 Å². The zero-order valence-electron chi connectivity index (χ0n) is 20.4. The Morgan fingerprint density at radius 1 is 0.944 bits per heavy atom. The van der Waals surface area contributed by atoms with Crippen molar-refractivity contribution in [3.05, 3.63) is 91.0 Å². The molecule has 2 heterocycles. The number of carbonyl (C=O) groups is 1. The molecule has 1 aliphatic rings. The fraction of sp³-hybridized carbons (Fsp3) is 0.286. The minimum absolute atomic E-state index is 0.0733. The highest BCUT2D eigenvalue weighted by Gasteiger charge is 2.30. The molecule has 1 saturated carbocycles. The van der Waals surface area contributed by atoms with Crippen LogP contribution in [0.4, 0.5) is 16.4 Å². The molecule has 8 nitrogen and oxygen atoms in total. The van der Waals surface area contributed by atoms with E-state index in [0.717, 1.165) is 48.1 Å². The van der Waals surface area contributed by atoms with Crippen molar-refractivity contribution in [3.63, 3.8) is 0 Å². The summed E-state index contributed by atoms with van der Waals surface area (Å²) in [5, 5.41) is 10.8. The van der Waals surface area contributed by atoms with Crippen LogP contribution < -0.4 is 15.5 Å². The van der Waals surface area contributed by atoms with E-state index in [0.29, 0.717) is 18.5 Å². The molecule has 8 heteroatoms. The Morgan fingerprint density at radius 3 is 2.33 bits per heavy atom. The molecule has 2 aromatic carbocycles. The molecule has 1 aliphatic carbocycles. The number of aromatic nitrogens is 4. The van der Waals surface area contributed by atoms with E-state index < -0.39 is 0 Å². The maximum absolute atomic E-state index is 13.5. The highest BCUT2D eigenvalue weighted by molar-refractivity contribution is 5.93. The van der Waals surface area contributed by atoms with E-state index in [-0.39, 0.29) is 12.1 Å². The van der Waals surface area contributed by atoms with Crippen molar-refractivity contribution in [2.75, 3.05) is 10.2 Å². The Bertz CT molecular complexity index is 1250. The van der Waals surface area contributed by atoms with Gasteiger partial charge in [-0.15, -0.1) is 0 Å². The van der Waals surface area contributed by atoms with Crippen molar-refractivity contribution in [1.29, 1.82) is 0 Å². The number of hydrogen-bond donors (Lipinski definition) is 2. The largest absolute Gasteiger partial charge is 0.351 e. The van der Waals surface area contributed by atoms with Crippen LogP contribution in [0.3, 0.4) is 0 Å². The van der Waals surface area contributed by atoms with Crippen LogP contribution >= 0.6 is 0 Å². The van der Waals surface area contributed by atoms with Crippen molar-refractivity contribution in [3.8, 4) is 11.1 Å². The fourth-order valence-corrected chi connectivity index (χ4v) is 4.77. The summed E-state index contributed by atoms with van der Waals surface area (Å²) in [5.41, 5.74) is 4.11. The lowest BCUT2D eigenvalue weighted by Crippen LogP contribution is -2.48. The molecule has 0 unspecified atom stereocenters. The maximum Gasteiger partial charge on any atom is 0.322 e. The number of nitrogens with zero attached hydrogens (tertiary/aromatic N) is 5. The number of rotatable bonds is 7. The summed E-state index contributed by atoms with van der Waals surface area (Å²) >= 11 is 0. The average Bonchev–Trinajstić information content (AvgIpc) is 3.36. The summed E-state index contributed by atoms with van der Waals surface area (Å²) in [6.45, 7) is 0.492. The van der Waals surface area contributed by atoms with E-state index in [1.807, 2.05) is 72.9 Å². The number of amides is 2. The van der Waals surface area contributed by atoms with Crippen molar-refractivity contribution in [2.24, 2.45) is 7.05 Å². The van der Waals surface area contributed by atoms with Crippen molar-refractivity contribution in [2.45, 2.75) is 44.3 Å². The molecule has 0 bridgehead atoms. The SMILES string of the molecule is Cn1cc(-c2ccc(N(C(=O)NCc3ccccc3)C3CCC(Nc4ncccn4)CC3)cc2)cn1. The van der Waals surface area contributed by atoms with Gasteiger partial charge in [-0.25, -0.2) is 14.8 Å². The molecule has 2 amide bonds. The molecule has 1 fully saturated rings. The van der Waals surface area contributed by atoms with Crippen LogP contribution in [0.15, 0.2) is 85.5 Å². The Kier molecular flexibility index (Phi) is 7.21. The summed E-state index contributed by atoms with van der Waals surface area (Å²) in [7, 11) is 1.91. The van der Waals surface area contributed by atoms with Gasteiger partial charge in [-0.1, -0.05) is 42.5 Å². The standard InChI is InChI=1S/C28H31N7O/c1-34-20-23(19-32-34)22-8-12-25(13-9-22)35(28(36)31-18-21-6-3-2-4-7-21)26-14-10-24(11-15-26)33-27-29-16-5-17-30-27/h2-9,12-13,16-17,19-20,24,26H,10-11,14-15,18H2,1H3,(H,31,36)(H,29,30,33). The molecule has 0 spiro atoms. The van der Waals surface area contributed by atoms with Crippen molar-refractivity contribution < 1.29 is 4.79 Å². The minimum atomic E-state index is -0.0733. The van der Waals surface area contributed by atoms with Gasteiger partial charge in [-0.3, -0.25) is 9.58 Å². The van der Waals surface area contributed by atoms with Gasteiger partial charge in [0.2, 0.25) is 5.95 Å². The van der Waals surface area contributed by atoms with Gasteiger partial charge in [0, 0.05) is 55.5 Å². The van der Waals surface area contributed by atoms with Crippen LogP contribution in [-0.2, 0) is 13.6 Å². The second kappa shape index (κ2) is 11.0. The zero-order chi connectivity index (χ0) is 24.7. The van der Waals surface area contributed by atoms with Crippen LogP contribution in [0.2, 0.25) is 0 Å². The van der Waals surface area contributed by atoms with Crippen molar-refractivity contribution in [1.82, 2.24) is 25.1 Å². The molecule has 4 aromatic rings. The first kappa shape index (κ1) is 23.5. The van der Waals surface area contributed by atoms with Crippen LogP contribution in [0.1, 0.15) is 31.2 Å². The van der Waals surface area contributed by atoms with Gasteiger partial charge in [0.15, 0.2) is 0 Å². The number of anilines is 2. The monoisotopic (exact) mass is 481 g/mol. The molecule has 184 valence electrons. The molecule has 5 rings (SSSR count). The highest BCUT2D eigenvalue weighted by Crippen LogP contribution is 2.30. The third kappa shape index (κ3) is 5.71. The number of aryl methyl sites for hydroxylation is 1. The Hall–Kier alpha value is -4.20. The zero-order valence-corrected chi connectivity index (χ0v) is 20.4. The predicted octanol–water partition coefficient (Wildman–Crippen LogP) is 5.02. The predicted molar refractivity (Wildman–Crippen MR) is 141 cm³/mol. The highest BCUT2D eigenvalue weighted by atomic mass is 16.2. The molecule has 2 aromatic heterocycles. The van der Waals surface area contributed by atoms with Crippen LogP contribution in [-0.4, -0.2) is 37.9 Å². The molecular formula is C28H31N7O. The number of carbonyl (C=O) groups excluding carboxylic acids is 1. The molecule has 0 atom stereocenters. The van der Waals surface area contributed by atoms with Gasteiger partial charge < -0.3 is 10.6 Å². The molecule has 0 radical (unpaired) electrons. The number of nitrogens with one attached hydrogen (secondary N) is 2. The lowest BCUT2D eigenvalue weighted by Gasteiger charge is -2.37. The second-order valence-electron chi connectivity index (χ2n) is 9.19. The molecular weight excluding hydrogens is 450 g/mol. The Labute approximate surface area is 211 Å². The third-order valence-corrected chi connectivity index (χ3v) is 6.65. The lowest BCUT2D eigenvalue weighted by molar-refractivity contribution is 0.240.